The Morgan fingerprint density at radius 3 is 2.44 bits per heavy atom. The van der Waals surface area contributed by atoms with Gasteiger partial charge in [-0.05, 0) is 29.7 Å². The fourth-order valence-corrected chi connectivity index (χ4v) is 4.96. The summed E-state index contributed by atoms with van der Waals surface area (Å²) in [4.78, 5) is 28.4. The topological polar surface area (TPSA) is 67.9 Å². The number of esters is 1. The number of hydrogen-bond acceptors (Lipinski definition) is 6. The van der Waals surface area contributed by atoms with Crippen LogP contribution in [0.2, 0.25) is 0 Å². The van der Waals surface area contributed by atoms with Crippen molar-refractivity contribution in [3.63, 3.8) is 0 Å². The Labute approximate surface area is 197 Å². The summed E-state index contributed by atoms with van der Waals surface area (Å²) in [6.45, 7) is 2.29. The molecule has 0 unspecified atom stereocenters. The molecule has 0 spiro atoms. The molecule has 1 aliphatic rings. The first-order valence-corrected chi connectivity index (χ1v) is 10.9. The van der Waals surface area contributed by atoms with Gasteiger partial charge in [-0.15, -0.1) is 23.7 Å². The number of carbonyl (C=O) groups is 2. The number of fused-ring (bicyclic) bond motifs is 1. The lowest BCUT2D eigenvalue weighted by Gasteiger charge is -2.27. The lowest BCUT2D eigenvalue weighted by Crippen LogP contribution is -2.29. The smallest absolute Gasteiger partial charge is 0.341 e. The van der Waals surface area contributed by atoms with Crippen LogP contribution in [0.3, 0.4) is 0 Å². The lowest BCUT2D eigenvalue weighted by atomic mass is 10.0. The van der Waals surface area contributed by atoms with Gasteiger partial charge in [-0.3, -0.25) is 9.69 Å². The minimum Gasteiger partial charge on any atom is -0.484 e. The van der Waals surface area contributed by atoms with Crippen LogP contribution in [0.5, 0.6) is 5.75 Å². The predicted octanol–water partition coefficient (Wildman–Crippen LogP) is 4.53. The average molecular weight is 473 g/mol. The number of para-hydroxylation sites is 1. The third-order valence-corrected chi connectivity index (χ3v) is 6.27. The Morgan fingerprint density at radius 1 is 1.06 bits per heavy atom. The molecular weight excluding hydrogens is 448 g/mol. The molecule has 0 bridgehead atoms. The summed E-state index contributed by atoms with van der Waals surface area (Å²) in [5, 5.41) is 3.38. The number of amides is 1. The van der Waals surface area contributed by atoms with Gasteiger partial charge >= 0.3 is 5.97 Å². The molecule has 4 rings (SSSR count). The minimum absolute atomic E-state index is 0. The molecule has 32 heavy (non-hydrogen) atoms. The molecule has 168 valence electrons. The van der Waals surface area contributed by atoms with Gasteiger partial charge in [0.15, 0.2) is 6.61 Å². The van der Waals surface area contributed by atoms with E-state index in [1.165, 1.54) is 24.0 Å². The van der Waals surface area contributed by atoms with Crippen LogP contribution < -0.4 is 10.1 Å². The van der Waals surface area contributed by atoms with Crippen molar-refractivity contribution in [2.45, 2.75) is 19.5 Å². The van der Waals surface area contributed by atoms with E-state index in [1.807, 2.05) is 36.4 Å². The molecule has 0 radical (unpaired) electrons. The summed E-state index contributed by atoms with van der Waals surface area (Å²) in [5.74, 6) is -0.116. The van der Waals surface area contributed by atoms with Crippen molar-refractivity contribution in [2.24, 2.45) is 0 Å². The monoisotopic (exact) mass is 472 g/mol. The first-order valence-electron chi connectivity index (χ1n) is 10.1. The zero-order chi connectivity index (χ0) is 21.6. The second-order valence-electron chi connectivity index (χ2n) is 7.30. The molecule has 6 nitrogen and oxygen atoms in total. The van der Waals surface area contributed by atoms with Gasteiger partial charge in [-0.25, -0.2) is 4.79 Å². The molecule has 0 atom stereocenters. The van der Waals surface area contributed by atoms with Crippen LogP contribution in [0.4, 0.5) is 5.00 Å². The summed E-state index contributed by atoms with van der Waals surface area (Å²) in [7, 11) is 1.36. The van der Waals surface area contributed by atoms with E-state index in [4.69, 9.17) is 9.47 Å². The summed E-state index contributed by atoms with van der Waals surface area (Å²) < 4.78 is 10.5. The second-order valence-corrected chi connectivity index (χ2v) is 8.40. The van der Waals surface area contributed by atoms with E-state index in [2.05, 4.69) is 22.3 Å². The van der Waals surface area contributed by atoms with Crippen LogP contribution in [0, 0.1) is 0 Å². The summed E-state index contributed by atoms with van der Waals surface area (Å²) in [5.41, 5.74) is 2.69. The van der Waals surface area contributed by atoms with Crippen LogP contribution in [0.15, 0.2) is 60.7 Å². The van der Waals surface area contributed by atoms with Gasteiger partial charge in [0.2, 0.25) is 0 Å². The molecule has 0 fully saturated rings. The van der Waals surface area contributed by atoms with Crippen molar-refractivity contribution in [1.82, 2.24) is 4.90 Å². The molecule has 1 N–H and O–H groups in total. The van der Waals surface area contributed by atoms with Gasteiger partial charge in [0.05, 0.1) is 12.7 Å². The normalized spacial score (nSPS) is 12.9. The highest BCUT2D eigenvalue weighted by Gasteiger charge is 2.29. The Hall–Kier alpha value is -2.87. The van der Waals surface area contributed by atoms with E-state index in [9.17, 15) is 9.59 Å². The maximum absolute atomic E-state index is 12.5. The Kier molecular flexibility index (Phi) is 8.27. The maximum atomic E-state index is 12.5. The first-order chi connectivity index (χ1) is 15.1. The first kappa shape index (κ1) is 23.8. The van der Waals surface area contributed by atoms with E-state index in [0.717, 1.165) is 36.5 Å². The Bertz CT molecular complexity index is 1060. The van der Waals surface area contributed by atoms with Gasteiger partial charge in [0.25, 0.3) is 5.91 Å². The van der Waals surface area contributed by atoms with Crippen molar-refractivity contribution >= 4 is 40.6 Å². The number of carbonyl (C=O) groups excluding carboxylic acids is 2. The highest BCUT2D eigenvalue weighted by Crippen LogP contribution is 2.38. The molecule has 1 aromatic heterocycles. The van der Waals surface area contributed by atoms with Crippen molar-refractivity contribution < 1.29 is 19.1 Å². The number of nitrogens with zero attached hydrogens (tertiary/aromatic N) is 1. The number of rotatable bonds is 7. The molecule has 0 saturated heterocycles. The molecule has 8 heteroatoms. The second kappa shape index (κ2) is 11.1. The van der Waals surface area contributed by atoms with Crippen LogP contribution >= 0.6 is 23.7 Å². The minimum atomic E-state index is -0.423. The summed E-state index contributed by atoms with van der Waals surface area (Å²) in [6, 6.07) is 19.5. The van der Waals surface area contributed by atoms with Crippen molar-refractivity contribution in [3.05, 3.63) is 82.2 Å². The lowest BCUT2D eigenvalue weighted by molar-refractivity contribution is -0.118. The standard InChI is InChI=1S/C24H24N2O4S.ClH/c1-29-24(28)22-19-12-13-26(14-17-8-4-2-5-9-17)15-20(19)31-23(22)25-21(27)16-30-18-10-6-3-7-11-18;/h2-11H,12-16H2,1H3,(H,25,27);1H. The van der Waals surface area contributed by atoms with Crippen LogP contribution in [-0.2, 0) is 29.0 Å². The van der Waals surface area contributed by atoms with Gasteiger partial charge in [-0.1, -0.05) is 48.5 Å². The number of hydrogen-bond donors (Lipinski definition) is 1. The van der Waals surface area contributed by atoms with Gasteiger partial charge in [0.1, 0.15) is 10.8 Å². The van der Waals surface area contributed by atoms with Crippen molar-refractivity contribution in [3.8, 4) is 5.75 Å². The third-order valence-electron chi connectivity index (χ3n) is 5.14. The third kappa shape index (κ3) is 5.68. The molecule has 0 aliphatic carbocycles. The van der Waals surface area contributed by atoms with E-state index in [-0.39, 0.29) is 24.9 Å². The van der Waals surface area contributed by atoms with E-state index < -0.39 is 5.97 Å². The quantitative estimate of drug-likeness (QED) is 0.511. The van der Waals surface area contributed by atoms with Crippen LogP contribution in [0.25, 0.3) is 0 Å². The number of nitrogens with one attached hydrogen (secondary N) is 1. The molecule has 1 aliphatic heterocycles. The van der Waals surface area contributed by atoms with Crippen molar-refractivity contribution in [1.29, 1.82) is 0 Å². The predicted molar refractivity (Wildman–Crippen MR) is 128 cm³/mol. The molecule has 2 heterocycles. The van der Waals surface area contributed by atoms with E-state index >= 15 is 0 Å². The molecular formula is C24H25ClN2O4S. The number of ether oxygens (including phenoxy) is 2. The summed E-state index contributed by atoms with van der Waals surface area (Å²) >= 11 is 1.44. The Morgan fingerprint density at radius 2 is 1.75 bits per heavy atom. The number of anilines is 1. The number of halogens is 1. The number of benzene rings is 2. The fourth-order valence-electron chi connectivity index (χ4n) is 3.67. The zero-order valence-corrected chi connectivity index (χ0v) is 19.3. The molecule has 3 aromatic rings. The average Bonchev–Trinajstić information content (AvgIpc) is 3.15. The molecule has 1 amide bonds. The van der Waals surface area contributed by atoms with Gasteiger partial charge in [-0.2, -0.15) is 0 Å². The highest BCUT2D eigenvalue weighted by molar-refractivity contribution is 7.17. The molecule has 2 aromatic carbocycles. The van der Waals surface area contributed by atoms with Gasteiger partial charge in [0, 0.05) is 24.5 Å². The van der Waals surface area contributed by atoms with Crippen LogP contribution in [0.1, 0.15) is 26.4 Å². The SMILES string of the molecule is COC(=O)c1c(NC(=O)COc2ccccc2)sc2c1CCN(Cc1ccccc1)C2.Cl. The van der Waals surface area contributed by atoms with E-state index in [0.29, 0.717) is 16.3 Å². The van der Waals surface area contributed by atoms with Crippen LogP contribution in [-0.4, -0.2) is 37.0 Å². The molecule has 0 saturated carbocycles. The zero-order valence-electron chi connectivity index (χ0n) is 17.7. The van der Waals surface area contributed by atoms with E-state index in [1.54, 1.807) is 12.1 Å². The highest BCUT2D eigenvalue weighted by atomic mass is 35.5. The fraction of sp³-hybridized carbons (Fsp3) is 0.250. The van der Waals surface area contributed by atoms with Gasteiger partial charge < -0.3 is 14.8 Å². The number of methoxy groups -OCH3 is 1. The summed E-state index contributed by atoms with van der Waals surface area (Å²) in [6.07, 6.45) is 0.736. The van der Waals surface area contributed by atoms with Crippen molar-refractivity contribution in [2.75, 3.05) is 25.6 Å². The maximum Gasteiger partial charge on any atom is 0.341 e. The largest absolute Gasteiger partial charge is 0.484 e. The Balaban J connectivity index is 0.00000289. The number of thiophene rings is 1.